The Morgan fingerprint density at radius 2 is 1.38 bits per heavy atom. The van der Waals surface area contributed by atoms with Crippen LogP contribution in [0.15, 0.2) is 90.5 Å². The molecule has 0 bridgehead atoms. The zero-order valence-corrected chi connectivity index (χ0v) is 21.3. The number of hydrogen-bond donors (Lipinski definition) is 0. The van der Waals surface area contributed by atoms with Gasteiger partial charge in [-0.3, -0.25) is 0 Å². The van der Waals surface area contributed by atoms with E-state index in [-0.39, 0.29) is 0 Å². The second-order valence-corrected chi connectivity index (χ2v) is 10.5. The Bertz CT molecular complexity index is 1120. The van der Waals surface area contributed by atoms with Crippen molar-refractivity contribution in [3.63, 3.8) is 0 Å². The number of hydrogen-bond acceptors (Lipinski definition) is 0. The molecular weight excluding hydrogens is 408 g/mol. The lowest BCUT2D eigenvalue weighted by Crippen LogP contribution is -1.93. The van der Waals surface area contributed by atoms with Crippen molar-refractivity contribution < 1.29 is 0 Å². The summed E-state index contributed by atoms with van der Waals surface area (Å²) in [7, 11) is 0. The van der Waals surface area contributed by atoms with Crippen molar-refractivity contribution in [1.29, 1.82) is 0 Å². The zero-order valence-electron chi connectivity index (χ0n) is 21.3. The molecule has 1 aliphatic rings. The molecule has 3 aromatic rings. The lowest BCUT2D eigenvalue weighted by atomic mass is 9.95. The number of benzene rings is 3. The number of rotatable bonds is 11. The van der Waals surface area contributed by atoms with Crippen LogP contribution in [0.3, 0.4) is 0 Å². The predicted octanol–water partition coefficient (Wildman–Crippen LogP) is 9.30. The molecule has 0 spiro atoms. The largest absolute Gasteiger partial charge is 0.0655 e. The summed E-state index contributed by atoms with van der Waals surface area (Å²) in [6.07, 6.45) is 14.3. The van der Waals surface area contributed by atoms with Gasteiger partial charge in [0.25, 0.3) is 0 Å². The quantitative estimate of drug-likeness (QED) is 0.256. The van der Waals surface area contributed by atoms with Gasteiger partial charge in [0.05, 0.1) is 0 Å². The van der Waals surface area contributed by atoms with E-state index in [9.17, 15) is 0 Å². The molecule has 34 heavy (non-hydrogen) atoms. The molecule has 0 saturated heterocycles. The Kier molecular flexibility index (Phi) is 8.58. The minimum atomic E-state index is 0.824. The van der Waals surface area contributed by atoms with Crippen molar-refractivity contribution >= 4 is 5.57 Å². The van der Waals surface area contributed by atoms with Gasteiger partial charge in [0, 0.05) is 0 Å². The zero-order chi connectivity index (χ0) is 23.8. The number of allylic oxidation sites excluding steroid dienone is 4. The second-order valence-electron chi connectivity index (χ2n) is 10.5. The maximum absolute atomic E-state index is 2.38. The summed E-state index contributed by atoms with van der Waals surface area (Å²) < 4.78 is 0. The fraction of sp³-hybridized carbons (Fsp3) is 0.353. The van der Waals surface area contributed by atoms with Crippen molar-refractivity contribution in [2.24, 2.45) is 5.92 Å². The van der Waals surface area contributed by atoms with Gasteiger partial charge >= 0.3 is 0 Å². The molecule has 0 nitrogen and oxygen atoms in total. The molecule has 0 aliphatic heterocycles. The van der Waals surface area contributed by atoms with E-state index >= 15 is 0 Å². The van der Waals surface area contributed by atoms with Gasteiger partial charge in [-0.25, -0.2) is 0 Å². The minimum Gasteiger partial charge on any atom is -0.0655 e. The standard InChI is InChI=1S/C34H40/c1-26(2)8-4-5-10-28-14-16-29(17-15-28)18-19-30-20-21-34(24-30)33-13-7-12-32(25-33)23-31-11-6-9-27(3)22-31/h6-7,9,11-17,20-22,25-26H,4-5,8,10,18-19,23-24H2,1-3H3. The van der Waals surface area contributed by atoms with Crippen molar-refractivity contribution in [2.45, 2.75) is 72.1 Å². The third-order valence-corrected chi connectivity index (χ3v) is 6.98. The average Bonchev–Trinajstić information content (AvgIpc) is 3.31. The Morgan fingerprint density at radius 3 is 2.12 bits per heavy atom. The van der Waals surface area contributed by atoms with Gasteiger partial charge in [-0.2, -0.15) is 0 Å². The highest BCUT2D eigenvalue weighted by Gasteiger charge is 2.11. The van der Waals surface area contributed by atoms with E-state index in [1.165, 1.54) is 64.6 Å². The first-order valence-electron chi connectivity index (χ1n) is 13.2. The summed E-state index contributed by atoms with van der Waals surface area (Å²) in [6.45, 7) is 6.80. The molecule has 0 heterocycles. The van der Waals surface area contributed by atoms with Crippen LogP contribution in [0.4, 0.5) is 0 Å². The van der Waals surface area contributed by atoms with E-state index in [1.807, 2.05) is 0 Å². The Morgan fingerprint density at radius 1 is 0.676 bits per heavy atom. The van der Waals surface area contributed by atoms with Crippen molar-refractivity contribution in [3.8, 4) is 0 Å². The van der Waals surface area contributed by atoms with Crippen molar-refractivity contribution in [1.82, 2.24) is 0 Å². The maximum Gasteiger partial charge on any atom is -0.00255 e. The fourth-order valence-electron chi connectivity index (χ4n) is 4.95. The Balaban J connectivity index is 1.24. The van der Waals surface area contributed by atoms with Crippen LogP contribution in [0.2, 0.25) is 0 Å². The van der Waals surface area contributed by atoms with Crippen LogP contribution in [-0.4, -0.2) is 0 Å². The van der Waals surface area contributed by atoms with Gasteiger partial charge in [0.15, 0.2) is 0 Å². The first-order valence-corrected chi connectivity index (χ1v) is 13.2. The normalized spacial score (nSPS) is 13.3. The molecule has 0 aromatic heterocycles. The predicted molar refractivity (Wildman–Crippen MR) is 148 cm³/mol. The average molecular weight is 449 g/mol. The smallest absolute Gasteiger partial charge is 0.00255 e. The molecule has 1 aliphatic carbocycles. The van der Waals surface area contributed by atoms with Crippen LogP contribution in [0, 0.1) is 12.8 Å². The molecule has 0 atom stereocenters. The summed E-state index contributed by atoms with van der Waals surface area (Å²) in [6, 6.07) is 27.3. The third kappa shape index (κ3) is 7.32. The first kappa shape index (κ1) is 24.3. The summed E-state index contributed by atoms with van der Waals surface area (Å²) >= 11 is 0. The highest BCUT2D eigenvalue weighted by atomic mass is 14.2. The highest BCUT2D eigenvalue weighted by Crippen LogP contribution is 2.31. The van der Waals surface area contributed by atoms with Crippen molar-refractivity contribution in [3.05, 3.63) is 124 Å². The molecule has 0 fully saturated rings. The van der Waals surface area contributed by atoms with Crippen LogP contribution < -0.4 is 0 Å². The van der Waals surface area contributed by atoms with Crippen LogP contribution in [-0.2, 0) is 19.3 Å². The molecule has 0 radical (unpaired) electrons. The molecule has 0 unspecified atom stereocenters. The summed E-state index contributed by atoms with van der Waals surface area (Å²) in [4.78, 5) is 0. The van der Waals surface area contributed by atoms with Gasteiger partial charge in [0.2, 0.25) is 0 Å². The van der Waals surface area contributed by atoms with Crippen LogP contribution in [0.5, 0.6) is 0 Å². The third-order valence-electron chi connectivity index (χ3n) is 6.98. The second kappa shape index (κ2) is 12.0. The molecule has 0 saturated carbocycles. The van der Waals surface area contributed by atoms with Crippen molar-refractivity contribution in [2.75, 3.05) is 0 Å². The van der Waals surface area contributed by atoms with E-state index in [0.717, 1.165) is 31.6 Å². The monoisotopic (exact) mass is 448 g/mol. The highest BCUT2D eigenvalue weighted by molar-refractivity contribution is 5.72. The Labute approximate surface area is 207 Å². The minimum absolute atomic E-state index is 0.824. The van der Waals surface area contributed by atoms with E-state index in [2.05, 4.69) is 106 Å². The molecular formula is C34H40. The van der Waals surface area contributed by atoms with Crippen LogP contribution in [0.25, 0.3) is 5.57 Å². The Hall–Kier alpha value is -2.86. The molecule has 176 valence electrons. The van der Waals surface area contributed by atoms with Crippen LogP contribution >= 0.6 is 0 Å². The number of unbranched alkanes of at least 4 members (excludes halogenated alkanes) is 1. The lowest BCUT2D eigenvalue weighted by Gasteiger charge is -2.09. The van der Waals surface area contributed by atoms with E-state index in [0.29, 0.717) is 0 Å². The maximum atomic E-state index is 2.38. The summed E-state index contributed by atoms with van der Waals surface area (Å²) in [5.74, 6) is 0.824. The van der Waals surface area contributed by atoms with E-state index < -0.39 is 0 Å². The molecule has 0 heteroatoms. The van der Waals surface area contributed by atoms with E-state index in [1.54, 1.807) is 5.57 Å². The van der Waals surface area contributed by atoms with Gasteiger partial charge in [0.1, 0.15) is 0 Å². The van der Waals surface area contributed by atoms with Gasteiger partial charge in [-0.05, 0) is 84.8 Å². The topological polar surface area (TPSA) is 0 Å². The fourth-order valence-corrected chi connectivity index (χ4v) is 4.95. The van der Waals surface area contributed by atoms with Gasteiger partial charge in [-0.1, -0.05) is 123 Å². The SMILES string of the molecule is Cc1cccc(Cc2cccc(C3=CC=C(CCc4ccc(CCCCC(C)C)cc4)C3)c2)c1. The summed E-state index contributed by atoms with van der Waals surface area (Å²) in [5, 5.41) is 0. The summed E-state index contributed by atoms with van der Waals surface area (Å²) in [5.41, 5.74) is 11.4. The molecule has 4 rings (SSSR count). The molecule has 0 N–H and O–H groups in total. The molecule has 3 aromatic carbocycles. The first-order chi connectivity index (χ1) is 16.5. The van der Waals surface area contributed by atoms with Gasteiger partial charge in [-0.15, -0.1) is 0 Å². The van der Waals surface area contributed by atoms with Crippen LogP contribution in [0.1, 0.15) is 79.3 Å². The number of aryl methyl sites for hydroxylation is 3. The lowest BCUT2D eigenvalue weighted by molar-refractivity contribution is 0.538. The van der Waals surface area contributed by atoms with E-state index in [4.69, 9.17) is 0 Å². The van der Waals surface area contributed by atoms with Gasteiger partial charge < -0.3 is 0 Å². The molecule has 0 amide bonds.